The maximum absolute atomic E-state index is 3.55. The van der Waals surface area contributed by atoms with Gasteiger partial charge in [-0.15, -0.1) is 0 Å². The molecule has 0 aliphatic carbocycles. The second-order valence-electron chi connectivity index (χ2n) is 4.23. The van der Waals surface area contributed by atoms with Crippen molar-refractivity contribution in [1.29, 1.82) is 0 Å². The van der Waals surface area contributed by atoms with Gasteiger partial charge in [-0.25, -0.2) is 0 Å². The summed E-state index contributed by atoms with van der Waals surface area (Å²) in [6.07, 6.45) is 0. The molecule has 0 bridgehead atoms. The fourth-order valence-electron chi connectivity index (χ4n) is 2.58. The quantitative estimate of drug-likeness (QED) is 0.629. The fraction of sp³-hybridized carbons (Fsp3) is 0. The molecule has 0 aromatic heterocycles. The van der Waals surface area contributed by atoms with Crippen LogP contribution in [0.3, 0.4) is 0 Å². The predicted molar refractivity (Wildman–Crippen MR) is 69.8 cm³/mol. The Morgan fingerprint density at radius 2 is 1.81 bits per heavy atom. The molecule has 2 heterocycles. The van der Waals surface area contributed by atoms with Crippen molar-refractivity contribution in [2.45, 2.75) is 0 Å². The van der Waals surface area contributed by atoms with Crippen molar-refractivity contribution < 1.29 is 0 Å². The third kappa shape index (κ3) is 0.941. The molecule has 16 heavy (non-hydrogen) atoms. The number of hydrogen-bond donors (Lipinski definition) is 1. The zero-order valence-corrected chi connectivity index (χ0v) is 8.72. The Hall–Kier alpha value is -1.83. The Morgan fingerprint density at radius 3 is 2.81 bits per heavy atom. The van der Waals surface area contributed by atoms with Gasteiger partial charge in [0.1, 0.15) is 0 Å². The minimum Gasteiger partial charge on any atom is -0.436 e. The van der Waals surface area contributed by atoms with Gasteiger partial charge in [-0.05, 0) is 17.6 Å². The summed E-state index contributed by atoms with van der Waals surface area (Å²) in [5, 5.41) is 3.55. The lowest BCUT2D eigenvalue weighted by molar-refractivity contribution is 1.61. The standard InChI is InChI=1S/C12H9B2N2/c1-2-6-10-9(5-1)13-16-12-8-4-3-7-11(12)15-14(10)16/h1-8,15H. The molecule has 0 unspecified atom stereocenters. The lowest BCUT2D eigenvalue weighted by atomic mass is 9.69. The van der Waals surface area contributed by atoms with E-state index in [9.17, 15) is 0 Å². The Balaban J connectivity index is 1.86. The van der Waals surface area contributed by atoms with Crippen LogP contribution in [-0.2, 0) is 0 Å². The number of hydrogen-bond acceptors (Lipinski definition) is 2. The Bertz CT molecular complexity index is 519. The Kier molecular flexibility index (Phi) is 1.48. The van der Waals surface area contributed by atoms with Crippen LogP contribution >= 0.6 is 0 Å². The summed E-state index contributed by atoms with van der Waals surface area (Å²) in [4.78, 5) is 0. The molecule has 4 heteroatoms. The molecule has 0 saturated carbocycles. The molecular formula is C12H9B2N2. The fourth-order valence-corrected chi connectivity index (χ4v) is 2.58. The number of nitrogens with zero attached hydrogens (tertiary/aromatic N) is 1. The van der Waals surface area contributed by atoms with Gasteiger partial charge in [0, 0.05) is 11.4 Å². The van der Waals surface area contributed by atoms with Gasteiger partial charge in [0.2, 0.25) is 0 Å². The van der Waals surface area contributed by atoms with Gasteiger partial charge in [-0.3, -0.25) is 0 Å². The van der Waals surface area contributed by atoms with Crippen LogP contribution in [0.15, 0.2) is 48.5 Å². The van der Waals surface area contributed by atoms with Gasteiger partial charge in [0.05, 0.1) is 0 Å². The molecule has 0 atom stereocenters. The van der Waals surface area contributed by atoms with E-state index in [1.165, 1.54) is 22.3 Å². The summed E-state index contributed by atoms with van der Waals surface area (Å²) >= 11 is 0. The molecule has 0 saturated heterocycles. The highest BCUT2D eigenvalue weighted by molar-refractivity contribution is 6.99. The van der Waals surface area contributed by atoms with Crippen molar-refractivity contribution in [3.8, 4) is 0 Å². The normalized spacial score (nSPS) is 15.0. The lowest BCUT2D eigenvalue weighted by Crippen LogP contribution is -2.45. The molecule has 1 radical (unpaired) electrons. The van der Waals surface area contributed by atoms with Gasteiger partial charge in [0.15, 0.2) is 0 Å². The molecule has 2 aliphatic heterocycles. The van der Waals surface area contributed by atoms with Crippen LogP contribution in [0.4, 0.5) is 11.4 Å². The smallest absolute Gasteiger partial charge is 0.395 e. The van der Waals surface area contributed by atoms with Crippen molar-refractivity contribution in [3.05, 3.63) is 48.5 Å². The molecule has 2 aromatic rings. The number of benzene rings is 2. The predicted octanol–water partition coefficient (Wildman–Crippen LogP) is 0.572. The number of nitrogens with one attached hydrogen (secondary N) is 1. The van der Waals surface area contributed by atoms with Crippen molar-refractivity contribution in [2.24, 2.45) is 0 Å². The molecule has 2 aromatic carbocycles. The first kappa shape index (κ1) is 8.34. The third-order valence-electron chi connectivity index (χ3n) is 3.32. The number of para-hydroxylation sites is 2. The molecule has 2 nitrogen and oxygen atoms in total. The van der Waals surface area contributed by atoms with Crippen LogP contribution in [0.25, 0.3) is 0 Å². The second-order valence-corrected chi connectivity index (χ2v) is 4.23. The van der Waals surface area contributed by atoms with Gasteiger partial charge in [0.25, 0.3) is 7.41 Å². The van der Waals surface area contributed by atoms with Gasteiger partial charge in [-0.1, -0.05) is 41.9 Å². The van der Waals surface area contributed by atoms with E-state index < -0.39 is 0 Å². The van der Waals surface area contributed by atoms with Crippen molar-refractivity contribution in [3.63, 3.8) is 0 Å². The first-order valence-electron chi connectivity index (χ1n) is 5.51. The van der Waals surface area contributed by atoms with E-state index in [2.05, 4.69) is 65.9 Å². The molecular weight excluding hydrogens is 194 g/mol. The van der Waals surface area contributed by atoms with E-state index in [0.717, 1.165) is 0 Å². The average Bonchev–Trinajstić information content (AvgIpc) is 2.85. The highest BCUT2D eigenvalue weighted by atomic mass is 15.2. The van der Waals surface area contributed by atoms with E-state index in [-0.39, 0.29) is 6.98 Å². The Morgan fingerprint density at radius 1 is 1.00 bits per heavy atom. The number of rotatable bonds is 0. The van der Waals surface area contributed by atoms with Crippen LogP contribution in [0.2, 0.25) is 0 Å². The first-order valence-corrected chi connectivity index (χ1v) is 5.51. The molecule has 4 rings (SSSR count). The summed E-state index contributed by atoms with van der Waals surface area (Å²) in [6, 6.07) is 17.0. The first-order chi connectivity index (χ1) is 7.93. The van der Waals surface area contributed by atoms with Crippen molar-refractivity contribution >= 4 is 36.7 Å². The highest BCUT2D eigenvalue weighted by Gasteiger charge is 2.41. The van der Waals surface area contributed by atoms with Crippen molar-refractivity contribution in [2.75, 3.05) is 9.95 Å². The summed E-state index contributed by atoms with van der Waals surface area (Å²) < 4.78 is 2.31. The molecule has 1 N–H and O–H groups in total. The largest absolute Gasteiger partial charge is 0.436 e. The molecule has 73 valence electrons. The van der Waals surface area contributed by atoms with Gasteiger partial charge >= 0.3 is 6.98 Å². The van der Waals surface area contributed by atoms with Gasteiger partial charge in [-0.2, -0.15) is 0 Å². The van der Waals surface area contributed by atoms with Crippen LogP contribution in [0, 0.1) is 0 Å². The minimum absolute atomic E-state index is 0.286. The monoisotopic (exact) mass is 203 g/mol. The number of fused-ring (bicyclic) bond motifs is 5. The minimum atomic E-state index is 0.286. The van der Waals surface area contributed by atoms with Crippen LogP contribution < -0.4 is 20.9 Å². The zero-order valence-electron chi connectivity index (χ0n) is 8.72. The topological polar surface area (TPSA) is 15.3 Å². The summed E-state index contributed by atoms with van der Waals surface area (Å²) in [5.41, 5.74) is 5.16. The molecule has 0 spiro atoms. The molecule has 0 amide bonds. The lowest BCUT2D eigenvalue weighted by Gasteiger charge is -2.14. The van der Waals surface area contributed by atoms with Gasteiger partial charge < -0.3 is 9.95 Å². The Labute approximate surface area is 95.7 Å². The summed E-state index contributed by atoms with van der Waals surface area (Å²) in [6.45, 7) is 0.286. The molecule has 2 aliphatic rings. The maximum Gasteiger partial charge on any atom is 0.395 e. The average molecular weight is 203 g/mol. The second kappa shape index (κ2) is 2.85. The molecule has 0 fully saturated rings. The highest BCUT2D eigenvalue weighted by Crippen LogP contribution is 2.32. The van der Waals surface area contributed by atoms with Crippen LogP contribution in [0.5, 0.6) is 0 Å². The van der Waals surface area contributed by atoms with E-state index in [0.29, 0.717) is 0 Å². The summed E-state index contributed by atoms with van der Waals surface area (Å²) in [7, 11) is 2.22. The maximum atomic E-state index is 3.55. The van der Waals surface area contributed by atoms with E-state index in [1.54, 1.807) is 0 Å². The zero-order chi connectivity index (χ0) is 10.5. The third-order valence-corrected chi connectivity index (χ3v) is 3.32. The van der Waals surface area contributed by atoms with E-state index >= 15 is 0 Å². The van der Waals surface area contributed by atoms with E-state index in [4.69, 9.17) is 0 Å². The summed E-state index contributed by atoms with van der Waals surface area (Å²) in [5.74, 6) is 0. The van der Waals surface area contributed by atoms with E-state index in [1.807, 2.05) is 0 Å². The number of anilines is 2. The van der Waals surface area contributed by atoms with Crippen molar-refractivity contribution in [1.82, 2.24) is 0 Å². The van der Waals surface area contributed by atoms with Crippen LogP contribution in [-0.4, -0.2) is 14.4 Å². The van der Waals surface area contributed by atoms with Crippen LogP contribution in [0.1, 0.15) is 0 Å². The SMILES string of the molecule is [B]1c2ccccc2B2Nc3ccccc3N12.